The van der Waals surface area contributed by atoms with Crippen molar-refractivity contribution in [3.63, 3.8) is 0 Å². The Balaban J connectivity index is 2.67. The molecule has 0 amide bonds. The van der Waals surface area contributed by atoms with Crippen molar-refractivity contribution in [2.45, 2.75) is 46.1 Å². The third kappa shape index (κ3) is 3.20. The molecule has 3 nitrogen and oxygen atoms in total. The average Bonchev–Trinajstić information content (AvgIpc) is 2.17. The van der Waals surface area contributed by atoms with E-state index in [-0.39, 0.29) is 6.10 Å². The molecule has 1 fully saturated rings. The molecule has 1 aliphatic carbocycles. The minimum atomic E-state index is 0.142. The zero-order valence-electron chi connectivity index (χ0n) is 10.5. The van der Waals surface area contributed by atoms with Gasteiger partial charge in [-0.2, -0.15) is 0 Å². The van der Waals surface area contributed by atoms with Gasteiger partial charge in [-0.25, -0.2) is 0 Å². The van der Waals surface area contributed by atoms with Gasteiger partial charge in [-0.05, 0) is 30.6 Å². The third-order valence-corrected chi connectivity index (χ3v) is 3.34. The van der Waals surface area contributed by atoms with Crippen molar-refractivity contribution >= 4 is 5.71 Å². The number of nitrogens with zero attached hydrogens (tertiary/aromatic N) is 1. The van der Waals surface area contributed by atoms with Crippen LogP contribution in [-0.2, 0) is 9.57 Å². The quantitative estimate of drug-likeness (QED) is 0.660. The molecule has 0 aromatic carbocycles. The van der Waals surface area contributed by atoms with Gasteiger partial charge >= 0.3 is 0 Å². The first-order valence-electron chi connectivity index (χ1n) is 5.61. The Morgan fingerprint density at radius 3 is 2.40 bits per heavy atom. The number of ether oxygens (including phenoxy) is 1. The van der Waals surface area contributed by atoms with Crippen LogP contribution >= 0.6 is 0 Å². The first-order valence-corrected chi connectivity index (χ1v) is 5.61. The molecule has 1 rings (SSSR count). The van der Waals surface area contributed by atoms with Crippen LogP contribution in [0.4, 0.5) is 0 Å². The molecule has 0 aromatic heterocycles. The summed E-state index contributed by atoms with van der Waals surface area (Å²) in [6.45, 7) is 6.88. The second-order valence-electron chi connectivity index (χ2n) is 5.33. The lowest BCUT2D eigenvalue weighted by atomic mass is 9.71. The Morgan fingerprint density at radius 1 is 1.27 bits per heavy atom. The molecule has 0 bridgehead atoms. The van der Waals surface area contributed by atoms with E-state index in [0.29, 0.717) is 11.3 Å². The Bertz CT molecular complexity index is 230. The van der Waals surface area contributed by atoms with Crippen molar-refractivity contribution in [1.82, 2.24) is 0 Å². The van der Waals surface area contributed by atoms with E-state index in [2.05, 4.69) is 25.9 Å². The van der Waals surface area contributed by atoms with Gasteiger partial charge in [0.15, 0.2) is 0 Å². The third-order valence-electron chi connectivity index (χ3n) is 3.34. The second kappa shape index (κ2) is 4.97. The summed E-state index contributed by atoms with van der Waals surface area (Å²) < 4.78 is 5.47. The van der Waals surface area contributed by atoms with Crippen LogP contribution in [0.2, 0.25) is 0 Å². The van der Waals surface area contributed by atoms with Crippen LogP contribution in [-0.4, -0.2) is 26.0 Å². The smallest absolute Gasteiger partial charge is 0.106 e. The number of hydrogen-bond acceptors (Lipinski definition) is 3. The molecule has 0 aliphatic heterocycles. The summed E-state index contributed by atoms with van der Waals surface area (Å²) in [5, 5.41) is 4.04. The predicted octanol–water partition coefficient (Wildman–Crippen LogP) is 2.85. The number of methoxy groups -OCH3 is 1. The average molecular weight is 213 g/mol. The number of oxime groups is 1. The molecular formula is C12H23NO2. The fourth-order valence-electron chi connectivity index (χ4n) is 2.24. The molecule has 0 radical (unpaired) electrons. The van der Waals surface area contributed by atoms with E-state index in [1.807, 2.05) is 0 Å². The van der Waals surface area contributed by atoms with Crippen molar-refractivity contribution in [1.29, 1.82) is 0 Å². The fourth-order valence-corrected chi connectivity index (χ4v) is 2.24. The Kier molecular flexibility index (Phi) is 4.14. The van der Waals surface area contributed by atoms with Gasteiger partial charge in [-0.1, -0.05) is 25.9 Å². The molecular weight excluding hydrogens is 190 g/mol. The summed E-state index contributed by atoms with van der Waals surface area (Å²) in [6, 6.07) is 0. The van der Waals surface area contributed by atoms with E-state index in [0.717, 1.165) is 18.6 Å². The van der Waals surface area contributed by atoms with Gasteiger partial charge < -0.3 is 9.57 Å². The highest BCUT2D eigenvalue weighted by Crippen LogP contribution is 2.37. The second-order valence-corrected chi connectivity index (χ2v) is 5.33. The fraction of sp³-hybridized carbons (Fsp3) is 0.917. The van der Waals surface area contributed by atoms with Crippen molar-refractivity contribution in [2.75, 3.05) is 14.2 Å². The van der Waals surface area contributed by atoms with Gasteiger partial charge in [0.1, 0.15) is 7.11 Å². The highest BCUT2D eigenvalue weighted by molar-refractivity contribution is 5.89. The standard InChI is InChI=1S/C12H23NO2/c1-12(2,3)9-6-7-10(13-15-5)11(8-9)14-4/h9,11H,6-8H2,1-5H3/b13-10+/t9-,11-/m1/s1. The van der Waals surface area contributed by atoms with Crippen LogP contribution in [0.15, 0.2) is 5.16 Å². The van der Waals surface area contributed by atoms with Crippen LogP contribution in [0.25, 0.3) is 0 Å². The van der Waals surface area contributed by atoms with Crippen LogP contribution in [0.5, 0.6) is 0 Å². The lowest BCUT2D eigenvalue weighted by Gasteiger charge is -2.37. The SMILES string of the molecule is CO/N=C1\CC[C@@H](C(C)(C)C)C[C@H]1OC. The van der Waals surface area contributed by atoms with Crippen molar-refractivity contribution in [3.8, 4) is 0 Å². The first-order chi connectivity index (χ1) is 6.99. The van der Waals surface area contributed by atoms with E-state index in [1.165, 1.54) is 6.42 Å². The van der Waals surface area contributed by atoms with Gasteiger partial charge in [0.05, 0.1) is 11.8 Å². The molecule has 1 aliphatic rings. The van der Waals surface area contributed by atoms with Gasteiger partial charge in [-0.15, -0.1) is 0 Å². The molecule has 2 atom stereocenters. The highest BCUT2D eigenvalue weighted by Gasteiger charge is 2.34. The first kappa shape index (κ1) is 12.5. The Hall–Kier alpha value is -0.570. The van der Waals surface area contributed by atoms with Gasteiger partial charge in [0.25, 0.3) is 0 Å². The van der Waals surface area contributed by atoms with E-state index in [9.17, 15) is 0 Å². The molecule has 3 heteroatoms. The number of rotatable bonds is 2. The summed E-state index contributed by atoms with van der Waals surface area (Å²) >= 11 is 0. The molecule has 0 unspecified atom stereocenters. The molecule has 0 heterocycles. The van der Waals surface area contributed by atoms with Crippen molar-refractivity contribution < 1.29 is 9.57 Å². The normalized spacial score (nSPS) is 30.6. The lowest BCUT2D eigenvalue weighted by molar-refractivity contribution is 0.0781. The highest BCUT2D eigenvalue weighted by atomic mass is 16.6. The number of hydrogen-bond donors (Lipinski definition) is 0. The van der Waals surface area contributed by atoms with Gasteiger partial charge in [0, 0.05) is 7.11 Å². The van der Waals surface area contributed by atoms with E-state index in [4.69, 9.17) is 9.57 Å². The molecule has 1 saturated carbocycles. The molecule has 15 heavy (non-hydrogen) atoms. The summed E-state index contributed by atoms with van der Waals surface area (Å²) in [6.07, 6.45) is 3.38. The predicted molar refractivity (Wildman–Crippen MR) is 62.0 cm³/mol. The van der Waals surface area contributed by atoms with Crippen molar-refractivity contribution in [3.05, 3.63) is 0 Å². The monoisotopic (exact) mass is 213 g/mol. The zero-order valence-corrected chi connectivity index (χ0v) is 10.5. The zero-order chi connectivity index (χ0) is 11.5. The summed E-state index contributed by atoms with van der Waals surface area (Å²) in [4.78, 5) is 4.84. The van der Waals surface area contributed by atoms with Crippen LogP contribution in [0.3, 0.4) is 0 Å². The summed E-state index contributed by atoms with van der Waals surface area (Å²) in [5.74, 6) is 0.707. The summed E-state index contributed by atoms with van der Waals surface area (Å²) in [5.41, 5.74) is 1.41. The minimum absolute atomic E-state index is 0.142. The van der Waals surface area contributed by atoms with Crippen molar-refractivity contribution in [2.24, 2.45) is 16.5 Å². The maximum absolute atomic E-state index is 5.47. The van der Waals surface area contributed by atoms with Gasteiger partial charge in [0.2, 0.25) is 0 Å². The maximum Gasteiger partial charge on any atom is 0.106 e. The Labute approximate surface area is 92.8 Å². The topological polar surface area (TPSA) is 30.8 Å². The minimum Gasteiger partial charge on any atom is -0.399 e. The molecule has 0 N–H and O–H groups in total. The van der Waals surface area contributed by atoms with E-state index in [1.54, 1.807) is 14.2 Å². The van der Waals surface area contributed by atoms with E-state index < -0.39 is 0 Å². The van der Waals surface area contributed by atoms with Gasteiger partial charge in [-0.3, -0.25) is 0 Å². The van der Waals surface area contributed by atoms with Crippen LogP contribution in [0, 0.1) is 11.3 Å². The molecule has 0 saturated heterocycles. The van der Waals surface area contributed by atoms with Crippen LogP contribution in [0.1, 0.15) is 40.0 Å². The maximum atomic E-state index is 5.47. The van der Waals surface area contributed by atoms with Crippen LogP contribution < -0.4 is 0 Å². The Morgan fingerprint density at radius 2 is 1.93 bits per heavy atom. The molecule has 0 spiro atoms. The molecule has 88 valence electrons. The lowest BCUT2D eigenvalue weighted by Crippen LogP contribution is -2.36. The molecule has 0 aromatic rings. The largest absolute Gasteiger partial charge is 0.399 e. The van der Waals surface area contributed by atoms with E-state index >= 15 is 0 Å². The summed E-state index contributed by atoms with van der Waals surface area (Å²) in [7, 11) is 3.34.